The number of amides is 1. The van der Waals surface area contributed by atoms with E-state index in [9.17, 15) is 13.2 Å². The Labute approximate surface area is 199 Å². The lowest BCUT2D eigenvalue weighted by molar-refractivity contribution is -0.106. The molecule has 0 bridgehead atoms. The average Bonchev–Trinajstić information content (AvgIpc) is 3.52. The number of carbonyl (C=O) groups is 1. The normalized spacial score (nSPS) is 31.8. The molecular weight excluding hydrogens is 454 g/mol. The first kappa shape index (κ1) is 22.2. The van der Waals surface area contributed by atoms with Crippen molar-refractivity contribution >= 4 is 15.7 Å². The highest BCUT2D eigenvalue weighted by Gasteiger charge is 2.72. The monoisotopic (exact) mass is 485 g/mol. The standard InChI is InChI=1S/C25H31N3O5S/c29-8-7-26-14-15-1-5-20(6-2-15)34(31,32)25-12-17-9-19(10-18(13-25)23(17)25)27-24(30)21-11-22(33-28-21)16-3-4-16/h1-2,5-6,11,16-19,23,26,29H,3-4,7-10,12-14H2,(H,27,30)/t17-,18+,19-,23?,25?. The zero-order valence-corrected chi connectivity index (χ0v) is 19.9. The predicted octanol–water partition coefficient (Wildman–Crippen LogP) is 2.39. The van der Waals surface area contributed by atoms with Crippen LogP contribution in [0, 0.1) is 17.8 Å². The van der Waals surface area contributed by atoms with Gasteiger partial charge in [0.05, 0.1) is 16.2 Å². The van der Waals surface area contributed by atoms with Gasteiger partial charge in [-0.15, -0.1) is 0 Å². The van der Waals surface area contributed by atoms with E-state index in [0.29, 0.717) is 54.3 Å². The summed E-state index contributed by atoms with van der Waals surface area (Å²) < 4.78 is 31.8. The minimum atomic E-state index is -3.40. The minimum Gasteiger partial charge on any atom is -0.395 e. The Bertz CT molecular complexity index is 1170. The molecule has 1 aromatic heterocycles. The van der Waals surface area contributed by atoms with Crippen molar-refractivity contribution in [2.24, 2.45) is 17.8 Å². The van der Waals surface area contributed by atoms with Gasteiger partial charge in [-0.25, -0.2) is 8.42 Å². The van der Waals surface area contributed by atoms with Gasteiger partial charge in [0.25, 0.3) is 5.91 Å². The molecule has 0 saturated heterocycles. The molecule has 8 nitrogen and oxygen atoms in total. The number of carbonyl (C=O) groups excluding carboxylic acids is 1. The van der Waals surface area contributed by atoms with Crippen molar-refractivity contribution in [3.05, 3.63) is 47.3 Å². The fraction of sp³-hybridized carbons (Fsp3) is 0.600. The van der Waals surface area contributed by atoms with Crippen LogP contribution in [0.25, 0.3) is 0 Å². The highest BCUT2D eigenvalue weighted by Crippen LogP contribution is 2.70. The fourth-order valence-electron chi connectivity index (χ4n) is 6.77. The van der Waals surface area contributed by atoms with Crippen LogP contribution >= 0.6 is 0 Å². The molecule has 4 aliphatic rings. The second kappa shape index (κ2) is 8.17. The van der Waals surface area contributed by atoms with Crippen molar-refractivity contribution in [2.75, 3.05) is 13.2 Å². The van der Waals surface area contributed by atoms with Crippen LogP contribution in [-0.2, 0) is 16.4 Å². The van der Waals surface area contributed by atoms with Gasteiger partial charge in [0.2, 0.25) is 0 Å². The number of rotatable bonds is 9. The zero-order valence-electron chi connectivity index (χ0n) is 19.1. The second-order valence-corrected chi connectivity index (χ2v) is 12.9. The van der Waals surface area contributed by atoms with Gasteiger partial charge in [-0.2, -0.15) is 0 Å². The number of nitrogens with one attached hydrogen (secondary N) is 2. The van der Waals surface area contributed by atoms with Crippen LogP contribution in [0.1, 0.15) is 66.3 Å². The number of sulfone groups is 1. The number of aliphatic hydroxyl groups is 1. The van der Waals surface area contributed by atoms with E-state index in [-0.39, 0.29) is 24.5 Å². The lowest BCUT2D eigenvalue weighted by Crippen LogP contribution is -2.73. The van der Waals surface area contributed by atoms with Gasteiger partial charge in [-0.3, -0.25) is 4.79 Å². The molecule has 6 rings (SSSR count). The summed E-state index contributed by atoms with van der Waals surface area (Å²) in [4.78, 5) is 13.1. The molecule has 1 aromatic carbocycles. The minimum absolute atomic E-state index is 0.0616. The summed E-state index contributed by atoms with van der Waals surface area (Å²) >= 11 is 0. The van der Waals surface area contributed by atoms with E-state index >= 15 is 0 Å². The van der Waals surface area contributed by atoms with Gasteiger partial charge < -0.3 is 20.3 Å². The summed E-state index contributed by atoms with van der Waals surface area (Å²) in [6.45, 7) is 1.18. The number of aromatic nitrogens is 1. The van der Waals surface area contributed by atoms with Gasteiger partial charge in [0.1, 0.15) is 5.76 Å². The third-order valence-corrected chi connectivity index (χ3v) is 11.0. The summed E-state index contributed by atoms with van der Waals surface area (Å²) in [5, 5.41) is 19.1. The largest absolute Gasteiger partial charge is 0.395 e. The summed E-state index contributed by atoms with van der Waals surface area (Å²) in [6, 6.07) is 8.97. The maximum absolute atomic E-state index is 13.6. The third-order valence-electron chi connectivity index (χ3n) is 8.48. The lowest BCUT2D eigenvalue weighted by atomic mass is 9.42. The predicted molar refractivity (Wildman–Crippen MR) is 124 cm³/mol. The molecule has 0 radical (unpaired) electrons. The van der Waals surface area contributed by atoms with Gasteiger partial charge >= 0.3 is 0 Å². The number of nitrogens with zero attached hydrogens (tertiary/aromatic N) is 1. The zero-order chi connectivity index (χ0) is 23.5. The Morgan fingerprint density at radius 1 is 1.15 bits per heavy atom. The molecule has 9 heteroatoms. The van der Waals surface area contributed by atoms with E-state index in [1.807, 2.05) is 12.1 Å². The van der Waals surface area contributed by atoms with Crippen molar-refractivity contribution in [1.82, 2.24) is 15.8 Å². The molecule has 1 heterocycles. The first-order chi connectivity index (χ1) is 16.4. The molecule has 4 aliphatic carbocycles. The first-order valence-corrected chi connectivity index (χ1v) is 13.8. The molecule has 4 saturated carbocycles. The quantitative estimate of drug-likeness (QED) is 0.466. The van der Waals surface area contributed by atoms with Crippen LogP contribution in [0.2, 0.25) is 0 Å². The van der Waals surface area contributed by atoms with Crippen molar-refractivity contribution in [2.45, 2.75) is 66.7 Å². The second-order valence-electron chi connectivity index (χ2n) is 10.6. The average molecular weight is 486 g/mol. The maximum atomic E-state index is 13.6. The van der Waals surface area contributed by atoms with E-state index in [4.69, 9.17) is 9.63 Å². The number of hydrogen-bond acceptors (Lipinski definition) is 7. The fourth-order valence-corrected chi connectivity index (χ4v) is 9.35. The Morgan fingerprint density at radius 3 is 2.50 bits per heavy atom. The third kappa shape index (κ3) is 3.51. The number of hydrogen-bond donors (Lipinski definition) is 3. The summed E-state index contributed by atoms with van der Waals surface area (Å²) in [5.41, 5.74) is 1.34. The van der Waals surface area contributed by atoms with Crippen molar-refractivity contribution in [3.8, 4) is 0 Å². The Kier molecular flexibility index (Phi) is 5.35. The molecule has 4 fully saturated rings. The number of aliphatic hydroxyl groups excluding tert-OH is 1. The Morgan fingerprint density at radius 2 is 1.85 bits per heavy atom. The molecule has 34 heavy (non-hydrogen) atoms. The van der Waals surface area contributed by atoms with Crippen LogP contribution in [0.4, 0.5) is 0 Å². The van der Waals surface area contributed by atoms with Crippen LogP contribution in [0.3, 0.4) is 0 Å². The SMILES string of the molecule is O=C(N[C@@H]1C[C@@H]2CC3(S(=O)(=O)c4ccc(CNCCO)cc4)C[C@H](C1)C23)c1cc(C2CC2)on1. The first-order valence-electron chi connectivity index (χ1n) is 12.3. The van der Waals surface area contributed by atoms with Gasteiger partial charge in [0.15, 0.2) is 15.5 Å². The van der Waals surface area contributed by atoms with Crippen molar-refractivity contribution in [1.29, 1.82) is 0 Å². The topological polar surface area (TPSA) is 122 Å². The molecule has 2 unspecified atom stereocenters. The van der Waals surface area contributed by atoms with Crippen LogP contribution in [0.15, 0.2) is 39.8 Å². The van der Waals surface area contributed by atoms with Crippen LogP contribution < -0.4 is 10.6 Å². The van der Waals surface area contributed by atoms with Gasteiger partial charge in [0, 0.05) is 31.1 Å². The van der Waals surface area contributed by atoms with Crippen molar-refractivity contribution in [3.63, 3.8) is 0 Å². The smallest absolute Gasteiger partial charge is 0.273 e. The Balaban J connectivity index is 1.08. The lowest BCUT2D eigenvalue weighted by Gasteiger charge is -2.69. The van der Waals surface area contributed by atoms with Gasteiger partial charge in [-0.05, 0) is 74.0 Å². The van der Waals surface area contributed by atoms with E-state index in [0.717, 1.165) is 37.0 Å². The summed E-state index contributed by atoms with van der Waals surface area (Å²) in [5.74, 6) is 1.91. The molecule has 0 aliphatic heterocycles. The maximum Gasteiger partial charge on any atom is 0.273 e. The molecule has 0 spiro atoms. The van der Waals surface area contributed by atoms with E-state index < -0.39 is 14.6 Å². The Hall–Kier alpha value is -2.23. The molecule has 3 N–H and O–H groups in total. The van der Waals surface area contributed by atoms with E-state index in [1.165, 1.54) is 0 Å². The van der Waals surface area contributed by atoms with Crippen LogP contribution in [0.5, 0.6) is 0 Å². The van der Waals surface area contributed by atoms with E-state index in [1.54, 1.807) is 18.2 Å². The molecule has 182 valence electrons. The molecule has 1 amide bonds. The van der Waals surface area contributed by atoms with Crippen molar-refractivity contribution < 1.29 is 22.8 Å². The highest BCUT2D eigenvalue weighted by molar-refractivity contribution is 7.93. The van der Waals surface area contributed by atoms with E-state index in [2.05, 4.69) is 15.8 Å². The van der Waals surface area contributed by atoms with Crippen LogP contribution in [-0.4, -0.2) is 48.5 Å². The highest BCUT2D eigenvalue weighted by atomic mass is 32.2. The molecular formula is C25H31N3O5S. The summed E-state index contributed by atoms with van der Waals surface area (Å²) in [6.07, 6.45) is 5.21. The van der Waals surface area contributed by atoms with Gasteiger partial charge in [-0.1, -0.05) is 17.3 Å². The molecule has 2 aromatic rings. The molecule has 5 atom stereocenters. The number of benzene rings is 1. The summed E-state index contributed by atoms with van der Waals surface area (Å²) in [7, 11) is -3.40.